The van der Waals surface area contributed by atoms with Gasteiger partial charge in [-0.2, -0.15) is 0 Å². The molecule has 1 aromatic heterocycles. The lowest BCUT2D eigenvalue weighted by molar-refractivity contribution is 0.112. The Morgan fingerprint density at radius 2 is 1.42 bits per heavy atom. The van der Waals surface area contributed by atoms with Gasteiger partial charge in [0.25, 0.3) is 10.0 Å². The van der Waals surface area contributed by atoms with Gasteiger partial charge < -0.3 is 0 Å². The van der Waals surface area contributed by atoms with Gasteiger partial charge in [-0.05, 0) is 36.4 Å². The van der Waals surface area contributed by atoms with E-state index in [4.69, 9.17) is 0 Å². The van der Waals surface area contributed by atoms with Crippen molar-refractivity contribution >= 4 is 38.1 Å². The molecule has 0 aliphatic heterocycles. The fraction of sp³-hybridized carbons (Fsp3) is 0. The van der Waals surface area contributed by atoms with Crippen molar-refractivity contribution in [3.05, 3.63) is 78.4 Å². The summed E-state index contributed by atoms with van der Waals surface area (Å²) in [7, 11) is -3.74. The molecule has 4 nitrogen and oxygen atoms in total. The van der Waals surface area contributed by atoms with E-state index in [0.717, 1.165) is 17.1 Å². The molecule has 1 heterocycles. The van der Waals surface area contributed by atoms with Crippen molar-refractivity contribution in [1.82, 2.24) is 3.97 Å². The van der Waals surface area contributed by atoms with Gasteiger partial charge >= 0.3 is 0 Å². The number of benzene rings is 3. The Labute approximate surface area is 139 Å². The van der Waals surface area contributed by atoms with E-state index in [9.17, 15) is 13.2 Å². The third-order valence-corrected chi connectivity index (χ3v) is 5.81. The second-order valence-electron chi connectivity index (χ2n) is 5.49. The lowest BCUT2D eigenvalue weighted by atomic mass is 10.1. The van der Waals surface area contributed by atoms with E-state index in [-0.39, 0.29) is 4.90 Å². The van der Waals surface area contributed by atoms with Crippen LogP contribution in [0.5, 0.6) is 0 Å². The molecule has 0 radical (unpaired) electrons. The van der Waals surface area contributed by atoms with Crippen LogP contribution < -0.4 is 0 Å². The summed E-state index contributed by atoms with van der Waals surface area (Å²) in [6.07, 6.45) is 0.761. The molecule has 24 heavy (non-hydrogen) atoms. The van der Waals surface area contributed by atoms with Gasteiger partial charge in [-0.25, -0.2) is 12.4 Å². The number of carbonyl (C=O) groups is 1. The predicted molar refractivity (Wildman–Crippen MR) is 93.9 cm³/mol. The van der Waals surface area contributed by atoms with Crippen molar-refractivity contribution in [2.45, 2.75) is 4.90 Å². The number of carbonyl (C=O) groups excluding carboxylic acids is 1. The number of fused-ring (bicyclic) bond motifs is 3. The summed E-state index contributed by atoms with van der Waals surface area (Å²) in [5, 5.41) is 1.55. The summed E-state index contributed by atoms with van der Waals surface area (Å²) < 4.78 is 27.7. The molecule has 118 valence electrons. The molecule has 4 aromatic rings. The van der Waals surface area contributed by atoms with Gasteiger partial charge in [0.15, 0.2) is 0 Å². The van der Waals surface area contributed by atoms with Crippen LogP contribution in [-0.4, -0.2) is 18.7 Å². The van der Waals surface area contributed by atoms with Crippen molar-refractivity contribution in [3.63, 3.8) is 0 Å². The first-order valence-corrected chi connectivity index (χ1v) is 8.86. The molecule has 0 saturated carbocycles. The predicted octanol–water partition coefficient (Wildman–Crippen LogP) is 3.84. The Morgan fingerprint density at radius 3 is 2.17 bits per heavy atom. The minimum Gasteiger partial charge on any atom is -0.298 e. The summed E-state index contributed by atoms with van der Waals surface area (Å²) in [4.78, 5) is 11.3. The van der Waals surface area contributed by atoms with E-state index in [1.807, 2.05) is 12.1 Å². The Balaban J connectivity index is 2.17. The summed E-state index contributed by atoms with van der Waals surface area (Å²) in [6.45, 7) is 0. The fourth-order valence-electron chi connectivity index (χ4n) is 2.98. The molecule has 0 unspecified atom stereocenters. The lowest BCUT2D eigenvalue weighted by Gasteiger charge is -2.09. The summed E-state index contributed by atoms with van der Waals surface area (Å²) in [5.41, 5.74) is 1.67. The standard InChI is InChI=1S/C19H13NO3S/c21-13-14-10-11-19-17(12-14)16-8-4-5-9-18(16)20(19)24(22,23)15-6-2-1-3-7-15/h1-13H. The van der Waals surface area contributed by atoms with Crippen molar-refractivity contribution in [2.24, 2.45) is 0 Å². The third-order valence-electron chi connectivity index (χ3n) is 4.07. The first-order valence-electron chi connectivity index (χ1n) is 7.42. The number of aromatic nitrogens is 1. The minimum absolute atomic E-state index is 0.229. The van der Waals surface area contributed by atoms with Crippen LogP contribution in [0.4, 0.5) is 0 Å². The molecular weight excluding hydrogens is 322 g/mol. The maximum atomic E-state index is 13.2. The van der Waals surface area contributed by atoms with Crippen LogP contribution in [0.2, 0.25) is 0 Å². The first-order chi connectivity index (χ1) is 11.6. The molecule has 0 fully saturated rings. The highest BCUT2D eigenvalue weighted by atomic mass is 32.2. The number of hydrogen-bond acceptors (Lipinski definition) is 3. The molecule has 0 saturated heterocycles. The van der Waals surface area contributed by atoms with Crippen LogP contribution in [0, 0.1) is 0 Å². The molecule has 0 bridgehead atoms. The second kappa shape index (κ2) is 5.32. The highest BCUT2D eigenvalue weighted by Gasteiger charge is 2.22. The SMILES string of the molecule is O=Cc1ccc2c(c1)c1ccccc1n2S(=O)(=O)c1ccccc1. The first kappa shape index (κ1) is 14.7. The Morgan fingerprint density at radius 1 is 0.750 bits per heavy atom. The molecule has 5 heteroatoms. The largest absolute Gasteiger partial charge is 0.298 e. The van der Waals surface area contributed by atoms with Gasteiger partial charge in [0, 0.05) is 16.3 Å². The molecule has 0 amide bonds. The van der Waals surface area contributed by atoms with Crippen molar-refractivity contribution in [3.8, 4) is 0 Å². The highest BCUT2D eigenvalue weighted by molar-refractivity contribution is 7.90. The molecule has 0 aliphatic rings. The number of rotatable bonds is 3. The maximum Gasteiger partial charge on any atom is 0.268 e. The number of nitrogens with zero attached hydrogens (tertiary/aromatic N) is 1. The maximum absolute atomic E-state index is 13.2. The van der Waals surface area contributed by atoms with Gasteiger partial charge in [-0.1, -0.05) is 36.4 Å². The van der Waals surface area contributed by atoms with E-state index in [2.05, 4.69) is 0 Å². The number of para-hydroxylation sites is 1. The van der Waals surface area contributed by atoms with E-state index < -0.39 is 10.0 Å². The van der Waals surface area contributed by atoms with E-state index >= 15 is 0 Å². The lowest BCUT2D eigenvalue weighted by Crippen LogP contribution is -2.12. The van der Waals surface area contributed by atoms with Crippen LogP contribution in [0.25, 0.3) is 21.8 Å². The monoisotopic (exact) mass is 335 g/mol. The topological polar surface area (TPSA) is 56.1 Å². The van der Waals surface area contributed by atoms with Gasteiger partial charge in [-0.15, -0.1) is 0 Å². The number of hydrogen-bond donors (Lipinski definition) is 0. The average Bonchev–Trinajstić information content (AvgIpc) is 2.96. The second-order valence-corrected chi connectivity index (χ2v) is 7.28. The molecular formula is C19H13NO3S. The average molecular weight is 335 g/mol. The van der Waals surface area contributed by atoms with E-state index in [1.165, 1.54) is 3.97 Å². The molecule has 4 rings (SSSR count). The number of aldehydes is 1. The van der Waals surface area contributed by atoms with Crippen molar-refractivity contribution in [1.29, 1.82) is 0 Å². The molecule has 3 aromatic carbocycles. The van der Waals surface area contributed by atoms with E-state index in [0.29, 0.717) is 16.6 Å². The van der Waals surface area contributed by atoms with Crippen LogP contribution >= 0.6 is 0 Å². The third kappa shape index (κ3) is 2.06. The van der Waals surface area contributed by atoms with Crippen molar-refractivity contribution in [2.75, 3.05) is 0 Å². The zero-order chi connectivity index (χ0) is 16.7. The van der Waals surface area contributed by atoms with Crippen LogP contribution in [-0.2, 0) is 10.0 Å². The molecule has 0 N–H and O–H groups in total. The molecule has 0 atom stereocenters. The summed E-state index contributed by atoms with van der Waals surface area (Å²) >= 11 is 0. The van der Waals surface area contributed by atoms with Crippen LogP contribution in [0.3, 0.4) is 0 Å². The van der Waals surface area contributed by atoms with Crippen molar-refractivity contribution < 1.29 is 13.2 Å². The zero-order valence-electron chi connectivity index (χ0n) is 12.6. The molecule has 0 aliphatic carbocycles. The summed E-state index contributed by atoms with van der Waals surface area (Å²) in [5.74, 6) is 0. The normalized spacial score (nSPS) is 11.8. The van der Waals surface area contributed by atoms with E-state index in [1.54, 1.807) is 60.7 Å². The summed E-state index contributed by atoms with van der Waals surface area (Å²) in [6, 6.07) is 20.7. The van der Waals surface area contributed by atoms with Gasteiger partial charge in [0.2, 0.25) is 0 Å². The van der Waals surface area contributed by atoms with Gasteiger partial charge in [0.1, 0.15) is 6.29 Å². The minimum atomic E-state index is -3.74. The fourth-order valence-corrected chi connectivity index (χ4v) is 4.53. The van der Waals surface area contributed by atoms with Crippen LogP contribution in [0.1, 0.15) is 10.4 Å². The van der Waals surface area contributed by atoms with Crippen LogP contribution in [0.15, 0.2) is 77.7 Å². The van der Waals surface area contributed by atoms with Gasteiger partial charge in [-0.3, -0.25) is 4.79 Å². The quantitative estimate of drug-likeness (QED) is 0.535. The highest BCUT2D eigenvalue weighted by Crippen LogP contribution is 2.32. The molecule has 0 spiro atoms. The zero-order valence-corrected chi connectivity index (χ0v) is 13.4. The Hall–Kier alpha value is -2.92. The Kier molecular flexibility index (Phi) is 3.25. The van der Waals surface area contributed by atoms with Gasteiger partial charge in [0.05, 0.1) is 15.9 Å². The smallest absolute Gasteiger partial charge is 0.268 e. The Bertz CT molecular complexity index is 1180.